The second kappa shape index (κ2) is 7.03. The molecule has 1 saturated heterocycles. The van der Waals surface area contributed by atoms with Crippen LogP contribution in [0.15, 0.2) is 23.6 Å². The normalized spacial score (nSPS) is 21.6. The summed E-state index contributed by atoms with van der Waals surface area (Å²) >= 11 is 1.61. The van der Waals surface area contributed by atoms with Gasteiger partial charge in [-0.2, -0.15) is 0 Å². The number of rotatable bonds is 5. The van der Waals surface area contributed by atoms with Crippen LogP contribution < -0.4 is 14.4 Å². The average molecular weight is 388 g/mol. The predicted molar refractivity (Wildman–Crippen MR) is 105 cm³/mol. The lowest BCUT2D eigenvalue weighted by Gasteiger charge is -2.40. The molecule has 7 heteroatoms. The first-order chi connectivity index (χ1) is 12.9. The van der Waals surface area contributed by atoms with E-state index < -0.39 is 0 Å². The number of piperidine rings is 1. The van der Waals surface area contributed by atoms with Crippen molar-refractivity contribution < 1.29 is 14.3 Å². The molecule has 0 bridgehead atoms. The van der Waals surface area contributed by atoms with Crippen molar-refractivity contribution in [1.82, 2.24) is 9.88 Å². The molecule has 1 atom stereocenters. The number of likely N-dealkylation sites (tertiary alicyclic amines) is 1. The number of thiazole rings is 1. The third-order valence-corrected chi connectivity index (χ3v) is 6.27. The average Bonchev–Trinajstić information content (AvgIpc) is 3.27. The molecule has 1 aromatic heterocycles. The number of nitrogens with zero attached hydrogens (tertiary/aromatic N) is 3. The van der Waals surface area contributed by atoms with Gasteiger partial charge in [0, 0.05) is 32.4 Å². The van der Waals surface area contributed by atoms with Crippen LogP contribution in [0.25, 0.3) is 0 Å². The van der Waals surface area contributed by atoms with Gasteiger partial charge in [-0.3, -0.25) is 4.79 Å². The lowest BCUT2D eigenvalue weighted by atomic mass is 9.76. The van der Waals surface area contributed by atoms with Crippen LogP contribution in [-0.2, 0) is 17.8 Å². The zero-order valence-electron chi connectivity index (χ0n) is 16.0. The van der Waals surface area contributed by atoms with E-state index in [9.17, 15) is 4.79 Å². The van der Waals surface area contributed by atoms with Gasteiger partial charge in [-0.15, -0.1) is 11.3 Å². The van der Waals surface area contributed by atoms with E-state index in [1.807, 2.05) is 35.3 Å². The molecule has 2 aliphatic heterocycles. The SMILES string of the molecule is CN(C)c1nc(CN2C[C@](C)(Cc3ccc4c(c3)OCO4)CCC2=O)cs1. The van der Waals surface area contributed by atoms with Gasteiger partial charge in [0.2, 0.25) is 12.7 Å². The highest BCUT2D eigenvalue weighted by Crippen LogP contribution is 2.38. The second-order valence-corrected chi connectivity index (χ2v) is 8.78. The van der Waals surface area contributed by atoms with Gasteiger partial charge in [0.15, 0.2) is 16.6 Å². The summed E-state index contributed by atoms with van der Waals surface area (Å²) in [7, 11) is 3.97. The highest BCUT2D eigenvalue weighted by Gasteiger charge is 2.35. The van der Waals surface area contributed by atoms with Crippen LogP contribution in [0.4, 0.5) is 5.13 Å². The van der Waals surface area contributed by atoms with Crippen molar-refractivity contribution >= 4 is 22.4 Å². The molecule has 2 aliphatic rings. The molecule has 0 unspecified atom stereocenters. The molecule has 0 radical (unpaired) electrons. The summed E-state index contributed by atoms with van der Waals surface area (Å²) in [6, 6.07) is 6.15. The predicted octanol–water partition coefficient (Wildman–Crippen LogP) is 3.31. The molecule has 6 nitrogen and oxygen atoms in total. The summed E-state index contributed by atoms with van der Waals surface area (Å²) < 4.78 is 10.9. The first-order valence-electron chi connectivity index (χ1n) is 9.20. The van der Waals surface area contributed by atoms with Gasteiger partial charge in [-0.1, -0.05) is 13.0 Å². The van der Waals surface area contributed by atoms with Crippen LogP contribution in [0.5, 0.6) is 11.5 Å². The molecule has 4 rings (SSSR count). The summed E-state index contributed by atoms with van der Waals surface area (Å²) in [6.07, 6.45) is 2.40. The van der Waals surface area contributed by atoms with Gasteiger partial charge in [-0.25, -0.2) is 4.98 Å². The minimum absolute atomic E-state index is 0.0437. The molecule has 1 aromatic carbocycles. The Bertz CT molecular complexity index is 851. The molecule has 1 fully saturated rings. The van der Waals surface area contributed by atoms with E-state index in [-0.39, 0.29) is 11.3 Å². The third-order valence-electron chi connectivity index (χ3n) is 5.21. The van der Waals surface area contributed by atoms with Gasteiger partial charge in [-0.05, 0) is 36.0 Å². The minimum atomic E-state index is 0.0437. The summed E-state index contributed by atoms with van der Waals surface area (Å²) in [4.78, 5) is 21.1. The van der Waals surface area contributed by atoms with Crippen LogP contribution in [0.1, 0.15) is 31.0 Å². The number of carbonyl (C=O) groups is 1. The topological polar surface area (TPSA) is 54.9 Å². The molecule has 3 heterocycles. The summed E-state index contributed by atoms with van der Waals surface area (Å²) in [5.74, 6) is 1.85. The fourth-order valence-corrected chi connectivity index (χ4v) is 4.55. The van der Waals surface area contributed by atoms with E-state index in [1.54, 1.807) is 11.3 Å². The van der Waals surface area contributed by atoms with E-state index in [2.05, 4.69) is 24.0 Å². The minimum Gasteiger partial charge on any atom is -0.454 e. The van der Waals surface area contributed by atoms with Crippen molar-refractivity contribution in [2.75, 3.05) is 32.3 Å². The Hall–Kier alpha value is -2.28. The van der Waals surface area contributed by atoms with Gasteiger partial charge < -0.3 is 19.3 Å². The fourth-order valence-electron chi connectivity index (χ4n) is 3.80. The Labute approximate surface area is 163 Å². The molecular weight excluding hydrogens is 362 g/mol. The molecular formula is C20H25N3O3S. The third kappa shape index (κ3) is 3.88. The Morgan fingerprint density at radius 2 is 2.11 bits per heavy atom. The highest BCUT2D eigenvalue weighted by atomic mass is 32.1. The first kappa shape index (κ1) is 18.1. The summed E-state index contributed by atoms with van der Waals surface area (Å²) in [5, 5.41) is 3.02. The first-order valence-corrected chi connectivity index (χ1v) is 10.1. The smallest absolute Gasteiger partial charge is 0.231 e. The number of amides is 1. The number of anilines is 1. The maximum absolute atomic E-state index is 12.5. The van der Waals surface area contributed by atoms with Crippen LogP contribution in [0.3, 0.4) is 0 Å². The number of hydrogen-bond donors (Lipinski definition) is 0. The number of aromatic nitrogens is 1. The van der Waals surface area contributed by atoms with Crippen molar-refractivity contribution in [2.24, 2.45) is 5.41 Å². The van der Waals surface area contributed by atoms with Crippen LogP contribution in [0.2, 0.25) is 0 Å². The summed E-state index contributed by atoms with van der Waals surface area (Å²) in [6.45, 7) is 3.89. The van der Waals surface area contributed by atoms with E-state index >= 15 is 0 Å². The molecule has 1 amide bonds. The van der Waals surface area contributed by atoms with E-state index in [0.29, 0.717) is 19.8 Å². The number of ether oxygens (including phenoxy) is 2. The lowest BCUT2D eigenvalue weighted by Crippen LogP contribution is -2.45. The van der Waals surface area contributed by atoms with Crippen molar-refractivity contribution in [1.29, 1.82) is 0 Å². The van der Waals surface area contributed by atoms with Crippen molar-refractivity contribution in [3.05, 3.63) is 34.8 Å². The molecule has 2 aromatic rings. The van der Waals surface area contributed by atoms with Gasteiger partial charge >= 0.3 is 0 Å². The van der Waals surface area contributed by atoms with Crippen LogP contribution in [0, 0.1) is 5.41 Å². The van der Waals surface area contributed by atoms with Crippen LogP contribution >= 0.6 is 11.3 Å². The largest absolute Gasteiger partial charge is 0.454 e. The van der Waals surface area contributed by atoms with Gasteiger partial charge in [0.1, 0.15) is 0 Å². The van der Waals surface area contributed by atoms with Crippen molar-refractivity contribution in [3.63, 3.8) is 0 Å². The zero-order valence-corrected chi connectivity index (χ0v) is 16.8. The maximum Gasteiger partial charge on any atom is 0.231 e. The Morgan fingerprint density at radius 3 is 2.89 bits per heavy atom. The second-order valence-electron chi connectivity index (χ2n) is 7.94. The quantitative estimate of drug-likeness (QED) is 0.788. The Morgan fingerprint density at radius 1 is 1.30 bits per heavy atom. The number of carbonyl (C=O) groups excluding carboxylic acids is 1. The molecule has 0 aliphatic carbocycles. The van der Waals surface area contributed by atoms with Crippen molar-refractivity contribution in [2.45, 2.75) is 32.7 Å². The van der Waals surface area contributed by atoms with Crippen LogP contribution in [-0.4, -0.2) is 43.2 Å². The maximum atomic E-state index is 12.5. The number of benzene rings is 1. The summed E-state index contributed by atoms with van der Waals surface area (Å²) in [5.41, 5.74) is 2.23. The van der Waals surface area contributed by atoms with Gasteiger partial charge in [0.05, 0.1) is 12.2 Å². The fraction of sp³-hybridized carbons (Fsp3) is 0.500. The number of fused-ring (bicyclic) bond motifs is 1. The van der Waals surface area contributed by atoms with Gasteiger partial charge in [0.25, 0.3) is 0 Å². The molecule has 0 saturated carbocycles. The highest BCUT2D eigenvalue weighted by molar-refractivity contribution is 7.13. The molecule has 0 N–H and O–H groups in total. The van der Waals surface area contributed by atoms with Crippen molar-refractivity contribution in [3.8, 4) is 11.5 Å². The standard InChI is InChI=1S/C20H25N3O3S/c1-20(9-14-4-5-16-17(8-14)26-13-25-16)7-6-18(24)23(12-20)10-15-11-27-19(21-15)22(2)3/h4-5,8,11H,6-7,9-10,12-13H2,1-3H3/t20-/m0/s1. The lowest BCUT2D eigenvalue weighted by molar-refractivity contribution is -0.138. The Kier molecular flexibility index (Phi) is 4.72. The molecule has 27 heavy (non-hydrogen) atoms. The van der Waals surface area contributed by atoms with E-state index in [0.717, 1.165) is 41.7 Å². The molecule has 0 spiro atoms. The van der Waals surface area contributed by atoms with E-state index in [4.69, 9.17) is 9.47 Å². The molecule has 144 valence electrons. The monoisotopic (exact) mass is 387 g/mol. The van der Waals surface area contributed by atoms with E-state index in [1.165, 1.54) is 5.56 Å². The Balaban J connectivity index is 1.46. The zero-order chi connectivity index (χ0) is 19.0. The number of hydrogen-bond acceptors (Lipinski definition) is 6.